The Hall–Kier alpha value is -1.09. The lowest BCUT2D eigenvalue weighted by molar-refractivity contribution is 0.0696. The summed E-state index contributed by atoms with van der Waals surface area (Å²) in [5.41, 5.74) is 0.220. The molecule has 1 N–H and O–H groups in total. The highest BCUT2D eigenvalue weighted by Crippen LogP contribution is 1.92. The summed E-state index contributed by atoms with van der Waals surface area (Å²) in [5, 5.41) is 8.34. The molecule has 3 nitrogen and oxygen atoms in total. The van der Waals surface area contributed by atoms with Crippen molar-refractivity contribution in [1.82, 2.24) is 4.98 Å². The molecule has 1 heterocycles. The molecule has 0 fully saturated rings. The van der Waals surface area contributed by atoms with Crippen LogP contribution in [-0.4, -0.2) is 22.4 Å². The second kappa shape index (κ2) is 5.68. The first-order valence-electron chi connectivity index (χ1n) is 2.82. The van der Waals surface area contributed by atoms with Gasteiger partial charge in [0, 0.05) is 18.8 Å². The van der Waals surface area contributed by atoms with Gasteiger partial charge < -0.3 is 5.11 Å². The number of carboxylic acid groups (broad SMARTS) is 1. The highest BCUT2D eigenvalue weighted by Gasteiger charge is 1.97. The molecule has 60 valence electrons. The second-order valence-corrected chi connectivity index (χ2v) is 1.55. The van der Waals surface area contributed by atoms with Crippen molar-refractivity contribution in [2.45, 2.75) is 0 Å². The molecular weight excluding hydrogens is 166 g/mol. The van der Waals surface area contributed by atoms with Gasteiger partial charge in [0.1, 0.15) is 0 Å². The van der Waals surface area contributed by atoms with Crippen LogP contribution < -0.4 is 0 Å². The zero-order valence-corrected chi connectivity index (χ0v) is 6.75. The van der Waals surface area contributed by atoms with Crippen molar-refractivity contribution in [2.24, 2.45) is 0 Å². The number of nitrogens with zero attached hydrogens (tertiary/aromatic N) is 1. The van der Waals surface area contributed by atoms with Gasteiger partial charge in [0.2, 0.25) is 0 Å². The SMILES string of the molecule is CCl.O=C(O)c1cccnc1. The highest BCUT2D eigenvalue weighted by atomic mass is 35.5. The monoisotopic (exact) mass is 173 g/mol. The number of alkyl halides is 1. The summed E-state index contributed by atoms with van der Waals surface area (Å²) < 4.78 is 0. The van der Waals surface area contributed by atoms with Crippen LogP contribution in [0.2, 0.25) is 0 Å². The Kier molecular flexibility index (Phi) is 5.11. The summed E-state index contributed by atoms with van der Waals surface area (Å²) in [6.07, 6.45) is 4.31. The van der Waals surface area contributed by atoms with Gasteiger partial charge in [0.05, 0.1) is 5.56 Å². The molecule has 0 spiro atoms. The van der Waals surface area contributed by atoms with Crippen LogP contribution >= 0.6 is 11.6 Å². The van der Waals surface area contributed by atoms with Crippen molar-refractivity contribution in [2.75, 3.05) is 6.38 Å². The van der Waals surface area contributed by atoms with E-state index in [1.807, 2.05) is 0 Å². The molecule has 0 saturated carbocycles. The fraction of sp³-hybridized carbons (Fsp3) is 0.143. The number of hydrogen-bond donors (Lipinski definition) is 1. The minimum Gasteiger partial charge on any atom is -0.478 e. The Morgan fingerprint density at radius 3 is 2.55 bits per heavy atom. The molecule has 0 amide bonds. The lowest BCUT2D eigenvalue weighted by atomic mass is 10.3. The average molecular weight is 174 g/mol. The van der Waals surface area contributed by atoms with Gasteiger partial charge in [-0.25, -0.2) is 4.79 Å². The van der Waals surface area contributed by atoms with Gasteiger partial charge in [-0.2, -0.15) is 0 Å². The van der Waals surface area contributed by atoms with Crippen molar-refractivity contribution in [1.29, 1.82) is 0 Å². The minimum absolute atomic E-state index is 0.220. The molecule has 1 aromatic rings. The third-order valence-corrected chi connectivity index (χ3v) is 0.908. The molecule has 0 atom stereocenters. The number of rotatable bonds is 1. The summed E-state index contributed by atoms with van der Waals surface area (Å²) in [4.78, 5) is 13.8. The van der Waals surface area contributed by atoms with Crippen LogP contribution in [0.1, 0.15) is 10.4 Å². The van der Waals surface area contributed by atoms with Gasteiger partial charge >= 0.3 is 5.97 Å². The van der Waals surface area contributed by atoms with Gasteiger partial charge in [-0.15, -0.1) is 11.6 Å². The number of carboxylic acids is 1. The van der Waals surface area contributed by atoms with Gasteiger partial charge in [0.25, 0.3) is 0 Å². The number of hydrogen-bond acceptors (Lipinski definition) is 2. The summed E-state index contributed by atoms with van der Waals surface area (Å²) in [6.45, 7) is 0. The maximum absolute atomic E-state index is 10.2. The fourth-order valence-corrected chi connectivity index (χ4v) is 0.489. The molecule has 0 aliphatic heterocycles. The lowest BCUT2D eigenvalue weighted by Crippen LogP contribution is -1.94. The quantitative estimate of drug-likeness (QED) is 0.657. The van der Waals surface area contributed by atoms with E-state index in [1.54, 1.807) is 6.07 Å². The zero-order valence-electron chi connectivity index (χ0n) is 5.99. The third kappa shape index (κ3) is 3.57. The molecule has 0 unspecified atom stereocenters. The van der Waals surface area contributed by atoms with Crippen molar-refractivity contribution in [3.05, 3.63) is 30.1 Å². The summed E-state index contributed by atoms with van der Waals surface area (Å²) in [6, 6.07) is 3.08. The van der Waals surface area contributed by atoms with Crippen LogP contribution in [0.3, 0.4) is 0 Å². The Morgan fingerprint density at radius 1 is 1.64 bits per heavy atom. The predicted molar refractivity (Wildman–Crippen MR) is 43.0 cm³/mol. The Bertz CT molecular complexity index is 213. The first-order chi connectivity index (χ1) is 5.30. The van der Waals surface area contributed by atoms with E-state index >= 15 is 0 Å². The minimum atomic E-state index is -0.942. The normalized spacial score (nSPS) is 7.82. The molecule has 0 saturated heterocycles. The fourth-order valence-electron chi connectivity index (χ4n) is 0.489. The van der Waals surface area contributed by atoms with Crippen LogP contribution in [0.5, 0.6) is 0 Å². The summed E-state index contributed by atoms with van der Waals surface area (Å²) in [7, 11) is 0. The standard InChI is InChI=1S/C6H5NO2.CH3Cl/c8-6(9)5-2-1-3-7-4-5;1-2/h1-4H,(H,8,9);1H3. The van der Waals surface area contributed by atoms with E-state index in [2.05, 4.69) is 16.6 Å². The molecule has 0 radical (unpaired) electrons. The largest absolute Gasteiger partial charge is 0.478 e. The van der Waals surface area contributed by atoms with E-state index < -0.39 is 5.97 Å². The summed E-state index contributed by atoms with van der Waals surface area (Å²) in [5.74, 6) is -0.942. The number of aromatic nitrogens is 1. The van der Waals surface area contributed by atoms with Crippen LogP contribution in [0.15, 0.2) is 24.5 Å². The molecule has 0 aliphatic rings. The average Bonchev–Trinajstić information content (AvgIpc) is 2.10. The Morgan fingerprint density at radius 2 is 2.27 bits per heavy atom. The molecule has 0 aromatic carbocycles. The molecule has 11 heavy (non-hydrogen) atoms. The maximum atomic E-state index is 10.2. The van der Waals surface area contributed by atoms with E-state index in [-0.39, 0.29) is 5.56 Å². The first-order valence-corrected chi connectivity index (χ1v) is 3.57. The van der Waals surface area contributed by atoms with Crippen molar-refractivity contribution in [3.8, 4) is 0 Å². The molecule has 1 rings (SSSR count). The van der Waals surface area contributed by atoms with Crippen LogP contribution in [0, 0.1) is 0 Å². The predicted octanol–water partition coefficient (Wildman–Crippen LogP) is 1.63. The summed E-state index contributed by atoms with van der Waals surface area (Å²) >= 11 is 4.64. The number of pyridine rings is 1. The van der Waals surface area contributed by atoms with E-state index in [1.165, 1.54) is 24.8 Å². The first kappa shape index (κ1) is 9.91. The molecular formula is C7H8ClNO2. The Labute approximate surface area is 69.6 Å². The van der Waals surface area contributed by atoms with Crippen LogP contribution in [-0.2, 0) is 0 Å². The highest BCUT2D eigenvalue weighted by molar-refractivity contribution is 6.15. The zero-order chi connectivity index (χ0) is 8.69. The topological polar surface area (TPSA) is 50.2 Å². The molecule has 0 bridgehead atoms. The Balaban J connectivity index is 0.000000461. The van der Waals surface area contributed by atoms with Gasteiger partial charge in [-0.3, -0.25) is 4.98 Å². The lowest BCUT2D eigenvalue weighted by Gasteiger charge is -1.87. The van der Waals surface area contributed by atoms with Gasteiger partial charge in [-0.1, -0.05) is 0 Å². The number of halogens is 1. The maximum Gasteiger partial charge on any atom is 0.337 e. The number of aromatic carboxylic acids is 1. The van der Waals surface area contributed by atoms with Crippen LogP contribution in [0.25, 0.3) is 0 Å². The van der Waals surface area contributed by atoms with Gasteiger partial charge in [-0.05, 0) is 12.1 Å². The van der Waals surface area contributed by atoms with Crippen molar-refractivity contribution >= 4 is 17.6 Å². The van der Waals surface area contributed by atoms with E-state index in [9.17, 15) is 4.79 Å². The van der Waals surface area contributed by atoms with E-state index in [0.717, 1.165) is 0 Å². The van der Waals surface area contributed by atoms with E-state index in [4.69, 9.17) is 5.11 Å². The van der Waals surface area contributed by atoms with Crippen molar-refractivity contribution < 1.29 is 9.90 Å². The van der Waals surface area contributed by atoms with E-state index in [0.29, 0.717) is 0 Å². The third-order valence-electron chi connectivity index (χ3n) is 0.908. The molecule has 4 heteroatoms. The van der Waals surface area contributed by atoms with Crippen molar-refractivity contribution in [3.63, 3.8) is 0 Å². The smallest absolute Gasteiger partial charge is 0.337 e. The second-order valence-electron chi connectivity index (χ2n) is 1.55. The number of carbonyl (C=O) groups is 1. The van der Waals surface area contributed by atoms with Gasteiger partial charge in [0.15, 0.2) is 0 Å². The van der Waals surface area contributed by atoms with Crippen LogP contribution in [0.4, 0.5) is 0 Å². The molecule has 1 aromatic heterocycles. The molecule has 0 aliphatic carbocycles.